The Morgan fingerprint density at radius 1 is 1.00 bits per heavy atom. The van der Waals surface area contributed by atoms with Crippen molar-refractivity contribution in [2.45, 2.75) is 17.6 Å². The number of nitrogens with one attached hydrogen (secondary N) is 1. The van der Waals surface area contributed by atoms with Gasteiger partial charge in [0.05, 0.1) is 12.0 Å². The molecule has 0 heterocycles. The second-order valence-electron chi connectivity index (χ2n) is 6.66. The lowest BCUT2D eigenvalue weighted by molar-refractivity contribution is -0.118. The first-order valence-corrected chi connectivity index (χ1v) is 12.0. The first kappa shape index (κ1) is 22.6. The number of nitrogens with zero attached hydrogens (tertiary/aromatic N) is 1. The van der Waals surface area contributed by atoms with Gasteiger partial charge in [-0.05, 0) is 36.8 Å². The van der Waals surface area contributed by atoms with Gasteiger partial charge in [0.25, 0.3) is 0 Å². The van der Waals surface area contributed by atoms with Crippen LogP contribution in [0.3, 0.4) is 0 Å². The molecule has 0 saturated carbocycles. The van der Waals surface area contributed by atoms with Gasteiger partial charge in [-0.15, -0.1) is 11.8 Å². The second-order valence-corrected chi connectivity index (χ2v) is 9.19. The maximum Gasteiger partial charge on any atom is 0.339 e. The van der Waals surface area contributed by atoms with Gasteiger partial charge in [0.15, 0.2) is 5.75 Å². The largest absolute Gasteiger partial charge is 0.378 e. The molecule has 0 saturated heterocycles. The third-order valence-corrected chi connectivity index (χ3v) is 6.42. The first-order valence-electron chi connectivity index (χ1n) is 9.48. The van der Waals surface area contributed by atoms with Crippen molar-refractivity contribution in [2.75, 3.05) is 5.75 Å². The topological polar surface area (TPSA) is 84.8 Å². The van der Waals surface area contributed by atoms with Crippen molar-refractivity contribution >= 4 is 34.0 Å². The Kier molecular flexibility index (Phi) is 7.86. The summed E-state index contributed by atoms with van der Waals surface area (Å²) in [6, 6.07) is 22.8. The summed E-state index contributed by atoms with van der Waals surface area (Å²) < 4.78 is 30.4. The van der Waals surface area contributed by atoms with Crippen LogP contribution in [-0.2, 0) is 20.7 Å². The third kappa shape index (κ3) is 6.97. The maximum atomic E-state index is 12.5. The molecule has 3 aromatic carbocycles. The molecule has 0 aliphatic heterocycles. The second kappa shape index (κ2) is 10.8. The normalized spacial score (nSPS) is 11.4. The lowest BCUT2D eigenvalue weighted by atomic mass is 10.2. The average Bonchev–Trinajstić information content (AvgIpc) is 2.76. The van der Waals surface area contributed by atoms with Gasteiger partial charge in [0.2, 0.25) is 5.91 Å². The fourth-order valence-electron chi connectivity index (χ4n) is 2.58. The maximum absolute atomic E-state index is 12.5. The molecule has 0 atom stereocenters. The molecule has 8 heteroatoms. The van der Waals surface area contributed by atoms with Crippen LogP contribution in [0.1, 0.15) is 16.7 Å². The highest BCUT2D eigenvalue weighted by Crippen LogP contribution is 2.22. The van der Waals surface area contributed by atoms with Crippen LogP contribution < -0.4 is 9.61 Å². The Morgan fingerprint density at radius 3 is 2.42 bits per heavy atom. The molecule has 31 heavy (non-hydrogen) atoms. The van der Waals surface area contributed by atoms with Crippen molar-refractivity contribution in [1.82, 2.24) is 5.43 Å². The Hall–Kier alpha value is -3.10. The molecule has 0 aliphatic carbocycles. The molecular weight excluding hydrogens is 432 g/mol. The van der Waals surface area contributed by atoms with E-state index in [2.05, 4.69) is 10.5 Å². The molecule has 3 rings (SSSR count). The fraction of sp³-hybridized carbons (Fsp3) is 0.130. The molecule has 0 radical (unpaired) electrons. The van der Waals surface area contributed by atoms with Gasteiger partial charge in [-0.3, -0.25) is 4.79 Å². The van der Waals surface area contributed by atoms with Crippen LogP contribution in [-0.4, -0.2) is 26.3 Å². The van der Waals surface area contributed by atoms with Crippen molar-refractivity contribution in [3.63, 3.8) is 0 Å². The summed E-state index contributed by atoms with van der Waals surface area (Å²) in [5.74, 6) is 0.861. The minimum absolute atomic E-state index is 0.0635. The summed E-state index contributed by atoms with van der Waals surface area (Å²) >= 11 is 1.48. The number of rotatable bonds is 9. The third-order valence-electron chi connectivity index (χ3n) is 4.17. The van der Waals surface area contributed by atoms with Crippen LogP contribution in [0, 0.1) is 6.92 Å². The van der Waals surface area contributed by atoms with Gasteiger partial charge in [0, 0.05) is 11.3 Å². The van der Waals surface area contributed by atoms with Gasteiger partial charge < -0.3 is 4.18 Å². The molecule has 0 unspecified atom stereocenters. The molecule has 6 nitrogen and oxygen atoms in total. The van der Waals surface area contributed by atoms with E-state index in [-0.39, 0.29) is 22.3 Å². The molecule has 0 aliphatic rings. The number of aryl methyl sites for hydroxylation is 1. The molecule has 0 fully saturated rings. The standard InChI is InChI=1S/C23H22N2O4S2/c1-18-11-13-21(14-12-18)31(27,28)29-22-10-6-5-9-20(22)15-24-25-23(26)17-30-16-19-7-3-2-4-8-19/h2-15H,16-17H2,1H3,(H,25,26)/b24-15-. The van der Waals surface area contributed by atoms with Crippen LogP contribution >= 0.6 is 11.8 Å². The van der Waals surface area contributed by atoms with Crippen LogP contribution in [0.5, 0.6) is 5.75 Å². The Labute approximate surface area is 186 Å². The molecule has 0 spiro atoms. The van der Waals surface area contributed by atoms with Crippen LogP contribution in [0.25, 0.3) is 0 Å². The van der Waals surface area contributed by atoms with Gasteiger partial charge in [0.1, 0.15) is 4.90 Å². The van der Waals surface area contributed by atoms with E-state index in [4.69, 9.17) is 4.18 Å². The zero-order valence-electron chi connectivity index (χ0n) is 16.9. The highest BCUT2D eigenvalue weighted by atomic mass is 32.2. The van der Waals surface area contributed by atoms with Crippen molar-refractivity contribution in [2.24, 2.45) is 5.10 Å². The van der Waals surface area contributed by atoms with Gasteiger partial charge in [-0.1, -0.05) is 60.2 Å². The number of amides is 1. The summed E-state index contributed by atoms with van der Waals surface area (Å²) in [7, 11) is -3.98. The number of hydrazone groups is 1. The Balaban J connectivity index is 1.57. The van der Waals surface area contributed by atoms with E-state index in [1.54, 1.807) is 30.3 Å². The van der Waals surface area contributed by atoms with Crippen molar-refractivity contribution in [3.05, 3.63) is 95.6 Å². The smallest absolute Gasteiger partial charge is 0.339 e. The molecule has 160 valence electrons. The predicted octanol–water partition coefficient (Wildman–Crippen LogP) is 4.15. The number of carbonyl (C=O) groups excluding carboxylic acids is 1. The number of hydrogen-bond acceptors (Lipinski definition) is 6. The monoisotopic (exact) mass is 454 g/mol. The summed E-state index contributed by atoms with van der Waals surface area (Å²) in [4.78, 5) is 12.0. The Bertz CT molecular complexity index is 1150. The van der Waals surface area contributed by atoms with Gasteiger partial charge >= 0.3 is 10.1 Å². The lowest BCUT2D eigenvalue weighted by Gasteiger charge is -2.09. The fourth-order valence-corrected chi connectivity index (χ4v) is 4.31. The van der Waals surface area contributed by atoms with E-state index in [1.165, 1.54) is 36.2 Å². The minimum atomic E-state index is -3.98. The van der Waals surface area contributed by atoms with Gasteiger partial charge in [-0.25, -0.2) is 5.43 Å². The van der Waals surface area contributed by atoms with Crippen LogP contribution in [0.2, 0.25) is 0 Å². The molecule has 0 aromatic heterocycles. The number of carbonyl (C=O) groups is 1. The summed E-state index contributed by atoms with van der Waals surface area (Å²) in [6.07, 6.45) is 1.36. The van der Waals surface area contributed by atoms with E-state index < -0.39 is 10.1 Å². The van der Waals surface area contributed by atoms with Crippen molar-refractivity contribution in [1.29, 1.82) is 0 Å². The summed E-state index contributed by atoms with van der Waals surface area (Å²) in [6.45, 7) is 1.87. The van der Waals surface area contributed by atoms with Crippen LogP contribution in [0.4, 0.5) is 0 Å². The van der Waals surface area contributed by atoms with E-state index in [1.807, 2.05) is 37.3 Å². The SMILES string of the molecule is Cc1ccc(S(=O)(=O)Oc2ccccc2/C=N\NC(=O)CSCc2ccccc2)cc1. The van der Waals surface area contributed by atoms with Crippen molar-refractivity contribution in [3.8, 4) is 5.75 Å². The highest BCUT2D eigenvalue weighted by Gasteiger charge is 2.17. The van der Waals surface area contributed by atoms with Crippen molar-refractivity contribution < 1.29 is 17.4 Å². The van der Waals surface area contributed by atoms with E-state index in [9.17, 15) is 13.2 Å². The highest BCUT2D eigenvalue weighted by molar-refractivity contribution is 7.99. The molecule has 1 amide bonds. The number of benzene rings is 3. The molecule has 0 bridgehead atoms. The van der Waals surface area contributed by atoms with Crippen LogP contribution in [0.15, 0.2) is 88.9 Å². The molecule has 1 N–H and O–H groups in total. The summed E-state index contributed by atoms with van der Waals surface area (Å²) in [5.41, 5.74) is 4.97. The summed E-state index contributed by atoms with van der Waals surface area (Å²) in [5, 5.41) is 3.93. The lowest BCUT2D eigenvalue weighted by Crippen LogP contribution is -2.19. The zero-order chi connectivity index (χ0) is 22.1. The zero-order valence-corrected chi connectivity index (χ0v) is 18.5. The number of para-hydroxylation sites is 1. The molecular formula is C23H22N2O4S2. The van der Waals surface area contributed by atoms with E-state index in [0.29, 0.717) is 5.56 Å². The Morgan fingerprint density at radius 2 is 1.68 bits per heavy atom. The average molecular weight is 455 g/mol. The predicted molar refractivity (Wildman–Crippen MR) is 124 cm³/mol. The number of thioether (sulfide) groups is 1. The number of hydrogen-bond donors (Lipinski definition) is 1. The van der Waals surface area contributed by atoms with E-state index >= 15 is 0 Å². The first-order chi connectivity index (χ1) is 14.9. The quantitative estimate of drug-likeness (QED) is 0.298. The van der Waals surface area contributed by atoms with E-state index in [0.717, 1.165) is 16.9 Å². The van der Waals surface area contributed by atoms with Gasteiger partial charge in [-0.2, -0.15) is 13.5 Å². The minimum Gasteiger partial charge on any atom is -0.378 e. The molecule has 3 aromatic rings.